The lowest BCUT2D eigenvalue weighted by molar-refractivity contribution is -0.143. The summed E-state index contributed by atoms with van der Waals surface area (Å²) in [7, 11) is 0. The molecule has 0 radical (unpaired) electrons. The zero-order valence-corrected chi connectivity index (χ0v) is 12.0. The molecule has 7 heteroatoms. The monoisotopic (exact) mass is 288 g/mol. The molecule has 0 saturated carbocycles. The van der Waals surface area contributed by atoms with Crippen LogP contribution in [0.4, 0.5) is 0 Å². The Morgan fingerprint density at radius 1 is 1.35 bits per heavy atom. The van der Waals surface area contributed by atoms with Crippen LogP contribution in [0.15, 0.2) is 0 Å². The zero-order chi connectivity index (χ0) is 15.8. The molecule has 0 bridgehead atoms. The molecule has 7 nitrogen and oxygen atoms in total. The van der Waals surface area contributed by atoms with Gasteiger partial charge in [-0.3, -0.25) is 9.59 Å². The molecule has 0 heterocycles. The van der Waals surface area contributed by atoms with Gasteiger partial charge in [0.15, 0.2) is 0 Å². The number of carboxylic acid groups (broad SMARTS) is 1. The van der Waals surface area contributed by atoms with E-state index in [0.717, 1.165) is 12.8 Å². The van der Waals surface area contributed by atoms with Crippen LogP contribution in [0, 0.1) is 0 Å². The molecule has 0 aliphatic heterocycles. The van der Waals surface area contributed by atoms with Gasteiger partial charge in [-0.2, -0.15) is 0 Å². The number of carbonyl (C=O) groups excluding carboxylic acids is 2. The van der Waals surface area contributed by atoms with Crippen molar-refractivity contribution in [2.24, 2.45) is 5.73 Å². The molecule has 0 fully saturated rings. The van der Waals surface area contributed by atoms with Crippen LogP contribution in [-0.2, 0) is 14.4 Å². The molecule has 20 heavy (non-hydrogen) atoms. The van der Waals surface area contributed by atoms with Crippen LogP contribution < -0.4 is 11.1 Å². The molecule has 1 unspecified atom stereocenters. The number of aliphatic carboxylic acids is 1. The van der Waals surface area contributed by atoms with E-state index < -0.39 is 29.4 Å². The van der Waals surface area contributed by atoms with E-state index in [2.05, 4.69) is 5.32 Å². The van der Waals surface area contributed by atoms with Gasteiger partial charge in [0.1, 0.15) is 6.04 Å². The number of nitrogens with one attached hydrogen (secondary N) is 1. The number of hydrogen-bond donors (Lipinski definition) is 4. The van der Waals surface area contributed by atoms with Crippen LogP contribution in [-0.4, -0.2) is 39.6 Å². The first-order valence-corrected chi connectivity index (χ1v) is 6.71. The average molecular weight is 288 g/mol. The molecule has 0 aliphatic rings. The smallest absolute Gasteiger partial charge is 0.326 e. The second-order valence-electron chi connectivity index (χ2n) is 5.24. The van der Waals surface area contributed by atoms with Gasteiger partial charge in [-0.05, 0) is 19.8 Å². The molecule has 0 rings (SSSR count). The number of primary amides is 1. The van der Waals surface area contributed by atoms with Crippen molar-refractivity contribution in [1.29, 1.82) is 0 Å². The molecule has 0 aromatic carbocycles. The summed E-state index contributed by atoms with van der Waals surface area (Å²) in [5, 5.41) is 21.2. The van der Waals surface area contributed by atoms with Crippen molar-refractivity contribution in [3.8, 4) is 0 Å². The molecule has 116 valence electrons. The van der Waals surface area contributed by atoms with Crippen LogP contribution in [0.2, 0.25) is 0 Å². The third-order valence-electron chi connectivity index (χ3n) is 2.92. The number of nitrogens with two attached hydrogens (primary N) is 1. The topological polar surface area (TPSA) is 130 Å². The summed E-state index contributed by atoms with van der Waals surface area (Å²) >= 11 is 0. The standard InChI is InChI=1S/C13H24N2O5/c1-3-4-7-13(2,20)8-11(17)15-9(12(18)19)5-6-10(14)16/h9,20H,3-8H2,1-2H3,(H2,14,16)(H,15,17)(H,18,19)/t9-,13?/m0/s1. The third-order valence-corrected chi connectivity index (χ3v) is 2.92. The zero-order valence-electron chi connectivity index (χ0n) is 12.0. The van der Waals surface area contributed by atoms with E-state index in [1.165, 1.54) is 0 Å². The van der Waals surface area contributed by atoms with Gasteiger partial charge in [0, 0.05) is 6.42 Å². The number of hydrogen-bond acceptors (Lipinski definition) is 4. The lowest BCUT2D eigenvalue weighted by atomic mass is 9.95. The third kappa shape index (κ3) is 8.47. The van der Waals surface area contributed by atoms with E-state index in [0.29, 0.717) is 6.42 Å². The van der Waals surface area contributed by atoms with E-state index in [-0.39, 0.29) is 19.3 Å². The van der Waals surface area contributed by atoms with Gasteiger partial charge in [-0.1, -0.05) is 19.8 Å². The summed E-state index contributed by atoms with van der Waals surface area (Å²) in [6.45, 7) is 3.52. The second-order valence-corrected chi connectivity index (χ2v) is 5.24. The molecular weight excluding hydrogens is 264 g/mol. The molecule has 5 N–H and O–H groups in total. The Kier molecular flexibility index (Phi) is 7.83. The minimum atomic E-state index is -1.23. The SMILES string of the molecule is CCCCC(C)(O)CC(=O)N[C@@H](CCC(N)=O)C(=O)O. The van der Waals surface area contributed by atoms with Crippen molar-refractivity contribution in [1.82, 2.24) is 5.32 Å². The van der Waals surface area contributed by atoms with Crippen LogP contribution in [0.25, 0.3) is 0 Å². The Morgan fingerprint density at radius 2 is 1.95 bits per heavy atom. The van der Waals surface area contributed by atoms with Gasteiger partial charge in [0.05, 0.1) is 12.0 Å². The Hall–Kier alpha value is -1.63. The van der Waals surface area contributed by atoms with Crippen LogP contribution in [0.5, 0.6) is 0 Å². The summed E-state index contributed by atoms with van der Waals surface area (Å²) in [6.07, 6.45) is 1.79. The first-order chi connectivity index (χ1) is 9.18. The minimum absolute atomic E-state index is 0.0620. The highest BCUT2D eigenvalue weighted by atomic mass is 16.4. The van der Waals surface area contributed by atoms with Crippen LogP contribution in [0.3, 0.4) is 0 Å². The van der Waals surface area contributed by atoms with Gasteiger partial charge in [-0.15, -0.1) is 0 Å². The summed E-state index contributed by atoms with van der Waals surface area (Å²) in [6, 6.07) is -1.17. The van der Waals surface area contributed by atoms with Crippen molar-refractivity contribution in [2.45, 2.75) is 64.0 Å². The number of rotatable bonds is 10. The normalized spacial score (nSPS) is 15.2. The van der Waals surface area contributed by atoms with Crippen molar-refractivity contribution in [3.05, 3.63) is 0 Å². The van der Waals surface area contributed by atoms with Gasteiger partial charge in [0.25, 0.3) is 0 Å². The molecule has 0 spiro atoms. The molecule has 0 aromatic heterocycles. The molecule has 2 amide bonds. The number of amides is 2. The maximum Gasteiger partial charge on any atom is 0.326 e. The fraction of sp³-hybridized carbons (Fsp3) is 0.769. The summed E-state index contributed by atoms with van der Waals surface area (Å²) < 4.78 is 0. The first kappa shape index (κ1) is 18.4. The summed E-state index contributed by atoms with van der Waals surface area (Å²) in [5.41, 5.74) is 3.78. The van der Waals surface area contributed by atoms with Crippen molar-refractivity contribution >= 4 is 17.8 Å². The lowest BCUT2D eigenvalue weighted by Crippen LogP contribution is -2.44. The predicted molar refractivity (Wildman–Crippen MR) is 72.8 cm³/mol. The van der Waals surface area contributed by atoms with Crippen LogP contribution >= 0.6 is 0 Å². The molecule has 2 atom stereocenters. The van der Waals surface area contributed by atoms with E-state index >= 15 is 0 Å². The number of carboxylic acids is 1. The van der Waals surface area contributed by atoms with Gasteiger partial charge in [0.2, 0.25) is 11.8 Å². The Balaban J connectivity index is 4.38. The van der Waals surface area contributed by atoms with E-state index in [1.54, 1.807) is 6.92 Å². The highest BCUT2D eigenvalue weighted by Crippen LogP contribution is 2.17. The Bertz CT molecular complexity index is 355. The Morgan fingerprint density at radius 3 is 2.40 bits per heavy atom. The number of carbonyl (C=O) groups is 3. The largest absolute Gasteiger partial charge is 0.480 e. The highest BCUT2D eigenvalue weighted by Gasteiger charge is 2.27. The lowest BCUT2D eigenvalue weighted by Gasteiger charge is -2.23. The number of aliphatic hydroxyl groups is 1. The van der Waals surface area contributed by atoms with Crippen molar-refractivity contribution < 1.29 is 24.6 Å². The van der Waals surface area contributed by atoms with Gasteiger partial charge in [-0.25, -0.2) is 4.79 Å². The molecule has 0 saturated heterocycles. The second kappa shape index (κ2) is 8.52. The van der Waals surface area contributed by atoms with Gasteiger partial charge >= 0.3 is 5.97 Å². The summed E-state index contributed by atoms with van der Waals surface area (Å²) in [4.78, 5) is 33.3. The van der Waals surface area contributed by atoms with Crippen LogP contribution in [0.1, 0.15) is 52.4 Å². The van der Waals surface area contributed by atoms with Crippen molar-refractivity contribution in [2.75, 3.05) is 0 Å². The van der Waals surface area contributed by atoms with E-state index in [9.17, 15) is 19.5 Å². The molecule has 0 aromatic rings. The first-order valence-electron chi connectivity index (χ1n) is 6.71. The fourth-order valence-electron chi connectivity index (χ4n) is 1.78. The average Bonchev–Trinajstić information content (AvgIpc) is 2.30. The van der Waals surface area contributed by atoms with E-state index in [1.807, 2.05) is 6.92 Å². The van der Waals surface area contributed by atoms with E-state index in [4.69, 9.17) is 10.8 Å². The maximum absolute atomic E-state index is 11.7. The molecule has 0 aliphatic carbocycles. The quantitative estimate of drug-likeness (QED) is 0.454. The summed E-state index contributed by atoms with van der Waals surface area (Å²) in [5.74, 6) is -2.41. The Labute approximate surface area is 118 Å². The van der Waals surface area contributed by atoms with Gasteiger partial charge < -0.3 is 21.3 Å². The highest BCUT2D eigenvalue weighted by molar-refractivity contribution is 5.84. The fourth-order valence-corrected chi connectivity index (χ4v) is 1.78. The predicted octanol–water partition coefficient (Wildman–Crippen LogP) is 0.153. The van der Waals surface area contributed by atoms with Crippen molar-refractivity contribution in [3.63, 3.8) is 0 Å². The number of unbranched alkanes of at least 4 members (excludes halogenated alkanes) is 1. The minimum Gasteiger partial charge on any atom is -0.480 e. The maximum atomic E-state index is 11.7. The molecular formula is C13H24N2O5.